The van der Waals surface area contributed by atoms with Gasteiger partial charge in [-0.3, -0.25) is 4.79 Å². The minimum absolute atomic E-state index is 0.0211. The van der Waals surface area contributed by atoms with Crippen LogP contribution in [0.15, 0.2) is 23.6 Å². The zero-order valence-corrected chi connectivity index (χ0v) is 18.7. The summed E-state index contributed by atoms with van der Waals surface area (Å²) in [5.41, 5.74) is 5.67. The SMILES string of the molecule is Cc1cc(N(C)CC2OCCc3ccsc32)cc(C)c1NC(=O)CC(C)(C)C. The zero-order valence-electron chi connectivity index (χ0n) is 17.9. The van der Waals surface area contributed by atoms with Gasteiger partial charge in [0.15, 0.2) is 0 Å². The molecule has 1 aliphatic heterocycles. The fourth-order valence-electron chi connectivity index (χ4n) is 3.74. The monoisotopic (exact) mass is 400 g/mol. The number of nitrogens with zero attached hydrogens (tertiary/aromatic N) is 1. The summed E-state index contributed by atoms with van der Waals surface area (Å²) < 4.78 is 6.05. The van der Waals surface area contributed by atoms with Gasteiger partial charge >= 0.3 is 0 Å². The van der Waals surface area contributed by atoms with Gasteiger partial charge in [0.05, 0.1) is 6.61 Å². The van der Waals surface area contributed by atoms with Gasteiger partial charge in [0.1, 0.15) is 6.10 Å². The van der Waals surface area contributed by atoms with Crippen LogP contribution in [-0.4, -0.2) is 26.1 Å². The van der Waals surface area contributed by atoms with Crippen LogP contribution in [0.5, 0.6) is 0 Å². The van der Waals surface area contributed by atoms with E-state index < -0.39 is 0 Å². The topological polar surface area (TPSA) is 41.6 Å². The Labute approximate surface area is 172 Å². The Balaban J connectivity index is 1.73. The molecule has 1 atom stereocenters. The molecule has 0 radical (unpaired) electrons. The molecule has 1 amide bonds. The molecule has 0 saturated heterocycles. The van der Waals surface area contributed by atoms with Crippen molar-refractivity contribution in [2.24, 2.45) is 5.41 Å². The molecule has 1 aliphatic rings. The minimum Gasteiger partial charge on any atom is -0.372 e. The molecule has 0 fully saturated rings. The van der Waals surface area contributed by atoms with Gasteiger partial charge in [-0.15, -0.1) is 11.3 Å². The van der Waals surface area contributed by atoms with Crippen LogP contribution in [-0.2, 0) is 16.0 Å². The van der Waals surface area contributed by atoms with Gasteiger partial charge in [-0.05, 0) is 66.0 Å². The number of rotatable bonds is 5. The van der Waals surface area contributed by atoms with E-state index in [0.29, 0.717) is 6.42 Å². The van der Waals surface area contributed by atoms with E-state index in [9.17, 15) is 4.79 Å². The number of hydrogen-bond donors (Lipinski definition) is 1. The van der Waals surface area contributed by atoms with E-state index in [4.69, 9.17) is 4.74 Å². The first-order valence-electron chi connectivity index (χ1n) is 9.94. The van der Waals surface area contributed by atoms with Gasteiger partial charge in [0.25, 0.3) is 0 Å². The number of ether oxygens (including phenoxy) is 1. The van der Waals surface area contributed by atoms with E-state index in [1.807, 2.05) is 0 Å². The number of nitrogens with one attached hydrogen (secondary N) is 1. The second kappa shape index (κ2) is 8.26. The summed E-state index contributed by atoms with van der Waals surface area (Å²) >= 11 is 1.79. The normalized spacial score (nSPS) is 16.6. The Morgan fingerprint density at radius 2 is 1.96 bits per heavy atom. The molecule has 28 heavy (non-hydrogen) atoms. The summed E-state index contributed by atoms with van der Waals surface area (Å²) in [5, 5.41) is 5.27. The maximum absolute atomic E-state index is 12.4. The maximum Gasteiger partial charge on any atom is 0.224 e. The highest BCUT2D eigenvalue weighted by atomic mass is 32.1. The molecule has 0 saturated carbocycles. The lowest BCUT2D eigenvalue weighted by atomic mass is 9.92. The van der Waals surface area contributed by atoms with Crippen LogP contribution >= 0.6 is 11.3 Å². The van der Waals surface area contributed by atoms with Crippen LogP contribution in [0.4, 0.5) is 11.4 Å². The molecule has 0 bridgehead atoms. The minimum atomic E-state index is -0.0211. The van der Waals surface area contributed by atoms with Crippen LogP contribution in [0.3, 0.4) is 0 Å². The lowest BCUT2D eigenvalue weighted by Crippen LogP contribution is -2.28. The molecular weight excluding hydrogens is 368 g/mol. The van der Waals surface area contributed by atoms with Gasteiger partial charge in [0, 0.05) is 36.3 Å². The first kappa shape index (κ1) is 20.9. The molecular formula is C23H32N2O2S. The van der Waals surface area contributed by atoms with Crippen LogP contribution in [0.25, 0.3) is 0 Å². The van der Waals surface area contributed by atoms with E-state index in [2.05, 4.69) is 75.5 Å². The Kier molecular flexibility index (Phi) is 6.15. The smallest absolute Gasteiger partial charge is 0.224 e. The molecule has 0 spiro atoms. The lowest BCUT2D eigenvalue weighted by molar-refractivity contribution is -0.117. The number of amides is 1. The average molecular weight is 401 g/mol. The predicted molar refractivity (Wildman–Crippen MR) is 119 cm³/mol. The number of aryl methyl sites for hydroxylation is 2. The molecule has 152 valence electrons. The van der Waals surface area contributed by atoms with Crippen molar-refractivity contribution in [3.05, 3.63) is 45.1 Å². The van der Waals surface area contributed by atoms with Crippen molar-refractivity contribution in [2.75, 3.05) is 30.4 Å². The van der Waals surface area contributed by atoms with Crippen LogP contribution in [0.2, 0.25) is 0 Å². The number of likely N-dealkylation sites (N-methyl/N-ethyl adjacent to an activating group) is 1. The highest BCUT2D eigenvalue weighted by Crippen LogP contribution is 2.34. The van der Waals surface area contributed by atoms with E-state index in [1.54, 1.807) is 11.3 Å². The maximum atomic E-state index is 12.4. The highest BCUT2D eigenvalue weighted by Gasteiger charge is 2.24. The Morgan fingerprint density at radius 1 is 1.29 bits per heavy atom. The van der Waals surface area contributed by atoms with E-state index in [1.165, 1.54) is 10.4 Å². The van der Waals surface area contributed by atoms with Crippen molar-refractivity contribution in [3.8, 4) is 0 Å². The molecule has 2 aromatic rings. The average Bonchev–Trinajstić information content (AvgIpc) is 3.06. The summed E-state index contributed by atoms with van der Waals surface area (Å²) in [6.45, 7) is 12.0. The molecule has 4 nitrogen and oxygen atoms in total. The van der Waals surface area contributed by atoms with E-state index >= 15 is 0 Å². The fourth-order valence-corrected chi connectivity index (χ4v) is 4.73. The van der Waals surface area contributed by atoms with Crippen LogP contribution in [0, 0.1) is 19.3 Å². The molecule has 0 aliphatic carbocycles. The second-order valence-corrected chi connectivity index (χ2v) is 9.99. The first-order chi connectivity index (χ1) is 13.1. The van der Waals surface area contributed by atoms with Crippen LogP contribution in [0.1, 0.15) is 54.9 Å². The molecule has 3 rings (SSSR count). The van der Waals surface area contributed by atoms with Crippen LogP contribution < -0.4 is 10.2 Å². The molecule has 1 N–H and O–H groups in total. The largest absolute Gasteiger partial charge is 0.372 e. The van der Waals surface area contributed by atoms with Crippen molar-refractivity contribution >= 4 is 28.6 Å². The van der Waals surface area contributed by atoms with Crippen molar-refractivity contribution in [1.29, 1.82) is 0 Å². The third-order valence-electron chi connectivity index (χ3n) is 5.12. The number of anilines is 2. The number of fused-ring (bicyclic) bond motifs is 1. The summed E-state index contributed by atoms with van der Waals surface area (Å²) in [6.07, 6.45) is 1.65. The molecule has 1 aromatic heterocycles. The molecule has 2 heterocycles. The quantitative estimate of drug-likeness (QED) is 0.721. The number of carbonyl (C=O) groups excluding carboxylic acids is 1. The summed E-state index contributed by atoms with van der Waals surface area (Å²) in [5.74, 6) is 0.0700. The number of benzene rings is 1. The van der Waals surface area contributed by atoms with Crippen molar-refractivity contribution in [2.45, 2.75) is 53.6 Å². The van der Waals surface area contributed by atoms with Crippen molar-refractivity contribution in [1.82, 2.24) is 0 Å². The number of hydrogen-bond acceptors (Lipinski definition) is 4. The third-order valence-corrected chi connectivity index (χ3v) is 6.17. The molecule has 5 heteroatoms. The third kappa shape index (κ3) is 4.95. The second-order valence-electron chi connectivity index (χ2n) is 9.04. The van der Waals surface area contributed by atoms with Gasteiger partial charge in [-0.2, -0.15) is 0 Å². The first-order valence-corrected chi connectivity index (χ1v) is 10.8. The van der Waals surface area contributed by atoms with Crippen molar-refractivity contribution in [3.63, 3.8) is 0 Å². The van der Waals surface area contributed by atoms with E-state index in [0.717, 1.165) is 42.1 Å². The molecule has 1 aromatic carbocycles. The lowest BCUT2D eigenvalue weighted by Gasteiger charge is -2.29. The van der Waals surface area contributed by atoms with Gasteiger partial charge in [-0.25, -0.2) is 0 Å². The Bertz CT molecular complexity index is 828. The van der Waals surface area contributed by atoms with Gasteiger partial charge in [-0.1, -0.05) is 20.8 Å². The molecule has 1 unspecified atom stereocenters. The number of carbonyl (C=O) groups is 1. The van der Waals surface area contributed by atoms with E-state index in [-0.39, 0.29) is 17.4 Å². The van der Waals surface area contributed by atoms with Crippen molar-refractivity contribution < 1.29 is 9.53 Å². The predicted octanol–water partition coefficient (Wildman–Crippen LogP) is 5.49. The summed E-state index contributed by atoms with van der Waals surface area (Å²) in [7, 11) is 2.11. The Hall–Kier alpha value is -1.85. The Morgan fingerprint density at radius 3 is 2.61 bits per heavy atom. The summed E-state index contributed by atoms with van der Waals surface area (Å²) in [4.78, 5) is 16.0. The number of thiophene rings is 1. The fraction of sp³-hybridized carbons (Fsp3) is 0.522. The van der Waals surface area contributed by atoms with Gasteiger partial charge < -0.3 is 15.0 Å². The standard InChI is InChI=1S/C23H32N2O2S/c1-15-11-18(12-16(2)21(15)24-20(26)13-23(3,4)5)25(6)14-19-22-17(7-9-27-19)8-10-28-22/h8,10-12,19H,7,9,13-14H2,1-6H3,(H,24,26). The highest BCUT2D eigenvalue weighted by molar-refractivity contribution is 7.10. The zero-order chi connectivity index (χ0) is 20.5. The summed E-state index contributed by atoms with van der Waals surface area (Å²) in [6, 6.07) is 6.52. The van der Waals surface area contributed by atoms with Gasteiger partial charge in [0.2, 0.25) is 5.91 Å².